The number of phenolic OH excluding ortho intramolecular Hbond substituents is 1. The number of methoxy groups -OCH3 is 1. The predicted molar refractivity (Wildman–Crippen MR) is 115 cm³/mol. The van der Waals surface area contributed by atoms with Crippen molar-refractivity contribution in [3.8, 4) is 17.2 Å². The molecular formula is C21H25F2N3O6S. The molecule has 1 fully saturated rings. The highest BCUT2D eigenvalue weighted by atomic mass is 32.2. The molecule has 33 heavy (non-hydrogen) atoms. The lowest BCUT2D eigenvalue weighted by Gasteiger charge is -2.34. The quantitative estimate of drug-likeness (QED) is 0.624. The summed E-state index contributed by atoms with van der Waals surface area (Å²) in [5.41, 5.74) is 1.31. The summed E-state index contributed by atoms with van der Waals surface area (Å²) in [6.45, 7) is -0.644. The number of rotatable bonds is 7. The van der Waals surface area contributed by atoms with Gasteiger partial charge in [-0.1, -0.05) is 12.1 Å². The van der Waals surface area contributed by atoms with Crippen molar-refractivity contribution >= 4 is 16.1 Å². The summed E-state index contributed by atoms with van der Waals surface area (Å²) >= 11 is 0. The smallest absolute Gasteiger partial charge is 0.387 e. The van der Waals surface area contributed by atoms with Crippen LogP contribution in [-0.4, -0.2) is 68.7 Å². The van der Waals surface area contributed by atoms with Gasteiger partial charge in [-0.25, -0.2) is 13.2 Å². The number of nitrogens with one attached hydrogen (secondary N) is 1. The van der Waals surface area contributed by atoms with Crippen molar-refractivity contribution < 1.29 is 36.6 Å². The van der Waals surface area contributed by atoms with Crippen LogP contribution in [0.3, 0.4) is 0 Å². The minimum atomic E-state index is -3.89. The Kier molecular flexibility index (Phi) is 7.59. The van der Waals surface area contributed by atoms with Crippen LogP contribution in [0, 0.1) is 6.92 Å². The number of alkyl halides is 2. The van der Waals surface area contributed by atoms with E-state index in [0.29, 0.717) is 11.1 Å². The summed E-state index contributed by atoms with van der Waals surface area (Å²) < 4.78 is 61.3. The monoisotopic (exact) mass is 485 g/mol. The van der Waals surface area contributed by atoms with Crippen LogP contribution in [-0.2, 0) is 16.6 Å². The average molecular weight is 486 g/mol. The first-order valence-electron chi connectivity index (χ1n) is 10.1. The Morgan fingerprint density at radius 1 is 1.12 bits per heavy atom. The zero-order chi connectivity index (χ0) is 24.2. The van der Waals surface area contributed by atoms with Crippen LogP contribution >= 0.6 is 0 Å². The molecule has 2 aromatic carbocycles. The number of carbonyl (C=O) groups is 1. The summed E-state index contributed by atoms with van der Waals surface area (Å²) in [6.07, 6.45) is 0. The molecule has 1 aliphatic rings. The van der Waals surface area contributed by atoms with Gasteiger partial charge in [0.25, 0.3) is 0 Å². The number of aryl methyl sites for hydroxylation is 1. The zero-order valence-electron chi connectivity index (χ0n) is 18.1. The second-order valence-corrected chi connectivity index (χ2v) is 9.29. The number of nitrogens with zero attached hydrogens (tertiary/aromatic N) is 2. The topological polar surface area (TPSA) is 108 Å². The van der Waals surface area contributed by atoms with E-state index in [0.717, 1.165) is 0 Å². The van der Waals surface area contributed by atoms with Crippen molar-refractivity contribution in [3.63, 3.8) is 0 Å². The molecule has 0 bridgehead atoms. The molecule has 3 rings (SSSR count). The first kappa shape index (κ1) is 24.5. The van der Waals surface area contributed by atoms with Crippen LogP contribution in [0.4, 0.5) is 13.6 Å². The number of hydrogen-bond acceptors (Lipinski definition) is 6. The highest BCUT2D eigenvalue weighted by Gasteiger charge is 2.31. The van der Waals surface area contributed by atoms with Crippen molar-refractivity contribution in [2.75, 3.05) is 33.3 Å². The van der Waals surface area contributed by atoms with E-state index in [9.17, 15) is 27.1 Å². The molecule has 9 nitrogen and oxygen atoms in total. The van der Waals surface area contributed by atoms with E-state index in [2.05, 4.69) is 10.1 Å². The van der Waals surface area contributed by atoms with Crippen molar-refractivity contribution in [1.29, 1.82) is 0 Å². The fraction of sp³-hybridized carbons (Fsp3) is 0.381. The maximum Gasteiger partial charge on any atom is 0.387 e. The lowest BCUT2D eigenvalue weighted by Crippen LogP contribution is -2.52. The predicted octanol–water partition coefficient (Wildman–Crippen LogP) is 2.53. The number of piperazine rings is 1. The molecule has 2 amide bonds. The number of halogens is 2. The van der Waals surface area contributed by atoms with Gasteiger partial charge >= 0.3 is 12.6 Å². The molecule has 0 radical (unpaired) electrons. The number of urea groups is 1. The second kappa shape index (κ2) is 10.2. The third-order valence-electron chi connectivity index (χ3n) is 5.15. The Hall–Kier alpha value is -3.12. The Morgan fingerprint density at radius 2 is 1.82 bits per heavy atom. The molecule has 0 aromatic heterocycles. The van der Waals surface area contributed by atoms with Crippen LogP contribution in [0.15, 0.2) is 41.3 Å². The van der Waals surface area contributed by atoms with Gasteiger partial charge in [-0.05, 0) is 42.3 Å². The fourth-order valence-electron chi connectivity index (χ4n) is 3.40. The van der Waals surface area contributed by atoms with E-state index >= 15 is 0 Å². The summed E-state index contributed by atoms with van der Waals surface area (Å²) in [5, 5.41) is 12.7. The van der Waals surface area contributed by atoms with Gasteiger partial charge in [0, 0.05) is 32.7 Å². The third-order valence-corrected chi connectivity index (χ3v) is 7.07. The molecule has 0 spiro atoms. The number of hydrogen-bond donors (Lipinski definition) is 2. The molecule has 12 heteroatoms. The van der Waals surface area contributed by atoms with E-state index < -0.39 is 22.7 Å². The molecule has 1 aliphatic heterocycles. The Balaban J connectivity index is 1.57. The fourth-order valence-corrected chi connectivity index (χ4v) is 4.99. The summed E-state index contributed by atoms with van der Waals surface area (Å²) in [5.74, 6) is -0.319. The Bertz CT molecular complexity index is 1110. The maximum atomic E-state index is 12.9. The maximum absolute atomic E-state index is 12.9. The number of carbonyl (C=O) groups excluding carboxylic acids is 1. The van der Waals surface area contributed by atoms with E-state index in [1.54, 1.807) is 13.0 Å². The number of phenols is 1. The van der Waals surface area contributed by atoms with Gasteiger partial charge in [-0.15, -0.1) is 0 Å². The van der Waals surface area contributed by atoms with Gasteiger partial charge in [0.15, 0.2) is 11.5 Å². The summed E-state index contributed by atoms with van der Waals surface area (Å²) in [4.78, 5) is 13.8. The first-order valence-corrected chi connectivity index (χ1v) is 11.5. The number of ether oxygens (including phenoxy) is 2. The average Bonchev–Trinajstić information content (AvgIpc) is 2.79. The summed E-state index contributed by atoms with van der Waals surface area (Å²) in [7, 11) is -2.57. The number of aromatic hydroxyl groups is 1. The first-order chi connectivity index (χ1) is 15.6. The number of benzene rings is 2. The van der Waals surface area contributed by atoms with Gasteiger partial charge in [0.2, 0.25) is 10.0 Å². The van der Waals surface area contributed by atoms with Gasteiger partial charge in [0.05, 0.1) is 7.11 Å². The van der Waals surface area contributed by atoms with Gasteiger partial charge < -0.3 is 24.8 Å². The largest absolute Gasteiger partial charge is 0.507 e. The second-order valence-electron chi connectivity index (χ2n) is 7.38. The number of sulfonamides is 1. The van der Waals surface area contributed by atoms with Gasteiger partial charge in [-0.2, -0.15) is 13.1 Å². The Morgan fingerprint density at radius 3 is 2.45 bits per heavy atom. The van der Waals surface area contributed by atoms with Gasteiger partial charge in [-0.3, -0.25) is 0 Å². The van der Waals surface area contributed by atoms with Crippen LogP contribution < -0.4 is 14.8 Å². The molecule has 0 atom stereocenters. The minimum absolute atomic E-state index is 0.0800. The van der Waals surface area contributed by atoms with E-state index in [4.69, 9.17) is 4.74 Å². The lowest BCUT2D eigenvalue weighted by molar-refractivity contribution is -0.0512. The van der Waals surface area contributed by atoms with Crippen molar-refractivity contribution in [2.24, 2.45) is 0 Å². The molecule has 2 N–H and O–H groups in total. The van der Waals surface area contributed by atoms with E-state index in [-0.39, 0.29) is 54.9 Å². The Labute approximate surface area is 190 Å². The van der Waals surface area contributed by atoms with Crippen LogP contribution in [0.2, 0.25) is 0 Å². The van der Waals surface area contributed by atoms with Gasteiger partial charge in [0.1, 0.15) is 10.6 Å². The SMILES string of the molecule is COc1cc(CNC(=O)N2CCN(S(=O)(=O)c3cc(C)ccc3O)CC2)ccc1OC(F)F. The normalized spacial score (nSPS) is 14.9. The molecule has 1 heterocycles. The zero-order valence-corrected chi connectivity index (χ0v) is 18.9. The van der Waals surface area contributed by atoms with Crippen LogP contribution in [0.25, 0.3) is 0 Å². The third kappa shape index (κ3) is 5.82. The van der Waals surface area contributed by atoms with Crippen LogP contribution in [0.1, 0.15) is 11.1 Å². The molecule has 1 saturated heterocycles. The lowest BCUT2D eigenvalue weighted by atomic mass is 10.2. The van der Waals surface area contributed by atoms with E-state index in [1.165, 1.54) is 46.6 Å². The molecule has 180 valence electrons. The van der Waals surface area contributed by atoms with Crippen molar-refractivity contribution in [3.05, 3.63) is 47.5 Å². The molecule has 2 aromatic rings. The highest BCUT2D eigenvalue weighted by Crippen LogP contribution is 2.30. The number of amides is 2. The van der Waals surface area contributed by atoms with Crippen molar-refractivity contribution in [2.45, 2.75) is 25.0 Å². The standard InChI is InChI=1S/C21H25F2N3O6S/c1-14-3-5-16(27)19(11-14)33(29,30)26-9-7-25(8-10-26)21(28)24-13-15-4-6-17(32-20(22)23)18(12-15)31-2/h3-6,11-12,20,27H,7-10,13H2,1-2H3,(H,24,28). The molecular weight excluding hydrogens is 460 g/mol. The van der Waals surface area contributed by atoms with E-state index in [1.807, 2.05) is 0 Å². The molecule has 0 saturated carbocycles. The molecule has 0 unspecified atom stereocenters. The molecule has 0 aliphatic carbocycles. The van der Waals surface area contributed by atoms with Crippen molar-refractivity contribution in [1.82, 2.24) is 14.5 Å². The summed E-state index contributed by atoms with van der Waals surface area (Å²) in [6, 6.07) is 8.32. The minimum Gasteiger partial charge on any atom is -0.507 e. The highest BCUT2D eigenvalue weighted by molar-refractivity contribution is 7.89. The van der Waals surface area contributed by atoms with Crippen LogP contribution in [0.5, 0.6) is 17.2 Å².